The molecule has 42 heavy (non-hydrogen) atoms. The van der Waals surface area contributed by atoms with Crippen molar-refractivity contribution in [3.05, 3.63) is 47.4 Å². The highest BCUT2D eigenvalue weighted by molar-refractivity contribution is 6.36. The first-order valence-corrected chi connectivity index (χ1v) is 15.1. The van der Waals surface area contributed by atoms with Crippen LogP contribution in [0.4, 0.5) is 14.6 Å². The number of nitrogens with zero attached hydrogens (tertiary/aromatic N) is 5. The molecule has 2 unspecified atom stereocenters. The smallest absolute Gasteiger partial charge is 0.319 e. The molecule has 8 nitrogen and oxygen atoms in total. The van der Waals surface area contributed by atoms with Gasteiger partial charge in [-0.15, -0.1) is 0 Å². The lowest BCUT2D eigenvalue weighted by Crippen LogP contribution is -2.51. The fourth-order valence-corrected chi connectivity index (χ4v) is 7.97. The highest BCUT2D eigenvalue weighted by atomic mass is 35.5. The lowest BCUT2D eigenvalue weighted by Gasteiger charge is -2.34. The first kappa shape index (κ1) is 26.3. The summed E-state index contributed by atoms with van der Waals surface area (Å²) >= 11 is 6.56. The molecule has 11 heteroatoms. The summed E-state index contributed by atoms with van der Waals surface area (Å²) in [5, 5.41) is 16.3. The number of aromatic nitrogens is 3. The van der Waals surface area contributed by atoms with E-state index >= 15 is 4.39 Å². The van der Waals surface area contributed by atoms with Crippen LogP contribution in [0, 0.1) is 5.82 Å². The molecule has 0 saturated carbocycles. The van der Waals surface area contributed by atoms with Crippen LogP contribution in [0.1, 0.15) is 32.1 Å². The van der Waals surface area contributed by atoms with Gasteiger partial charge in [0, 0.05) is 60.3 Å². The number of pyridine rings is 1. The molecule has 0 aliphatic carbocycles. The first-order chi connectivity index (χ1) is 20.4. The number of ether oxygens (including phenoxy) is 1. The molecule has 4 atom stereocenters. The van der Waals surface area contributed by atoms with Crippen LogP contribution < -0.4 is 15.0 Å². The molecule has 4 saturated heterocycles. The van der Waals surface area contributed by atoms with E-state index in [1.165, 1.54) is 6.07 Å². The van der Waals surface area contributed by atoms with Crippen LogP contribution in [0.25, 0.3) is 32.9 Å². The Balaban J connectivity index is 1.26. The van der Waals surface area contributed by atoms with Gasteiger partial charge in [-0.25, -0.2) is 8.78 Å². The van der Waals surface area contributed by atoms with E-state index < -0.39 is 12.0 Å². The molecule has 0 spiro atoms. The van der Waals surface area contributed by atoms with Crippen LogP contribution in [-0.2, 0) is 0 Å². The van der Waals surface area contributed by atoms with E-state index in [-0.39, 0.29) is 35.1 Å². The highest BCUT2D eigenvalue weighted by Crippen LogP contribution is 2.42. The Bertz CT molecular complexity index is 1710. The first-order valence-electron chi connectivity index (χ1n) is 14.7. The molecule has 0 radical (unpaired) electrons. The molecule has 6 heterocycles. The van der Waals surface area contributed by atoms with Gasteiger partial charge < -0.3 is 20.1 Å². The Morgan fingerprint density at radius 2 is 1.98 bits per heavy atom. The van der Waals surface area contributed by atoms with Gasteiger partial charge in [0.15, 0.2) is 5.82 Å². The number of nitrogens with one attached hydrogen (secondary N) is 1. The topological polar surface area (TPSA) is 86.6 Å². The Hall–Kier alpha value is -3.34. The number of phenolic OH excluding ortho intramolecular Hbond substituents is 1. The molecule has 0 amide bonds. The van der Waals surface area contributed by atoms with Crippen molar-refractivity contribution in [2.45, 2.75) is 55.9 Å². The van der Waals surface area contributed by atoms with Crippen molar-refractivity contribution in [3.63, 3.8) is 0 Å². The summed E-state index contributed by atoms with van der Waals surface area (Å²) in [7, 11) is 0. The summed E-state index contributed by atoms with van der Waals surface area (Å²) < 4.78 is 37.3. The van der Waals surface area contributed by atoms with Gasteiger partial charge in [-0.2, -0.15) is 9.97 Å². The second-order valence-corrected chi connectivity index (χ2v) is 12.7. The van der Waals surface area contributed by atoms with Gasteiger partial charge >= 0.3 is 6.01 Å². The van der Waals surface area contributed by atoms with E-state index in [0.717, 1.165) is 45.3 Å². The maximum absolute atomic E-state index is 16.6. The summed E-state index contributed by atoms with van der Waals surface area (Å²) in [6, 6.07) is 9.12. The van der Waals surface area contributed by atoms with Crippen molar-refractivity contribution in [1.29, 1.82) is 0 Å². The standard InChI is InChI=1S/C31H31ClF2N6O2/c32-24-4-1-3-17-9-21(41)10-22(25(17)24)27-26(34)28-23(12-35-27)29(39-14-19-5-6-20(15-39)36-19)38-30(37-28)42-16-31-7-2-8-40(31)13-18(33)11-31/h1,3-4,9-10,12,18-20,36,41H,2,5-8,11,13-16H2/t18-,19?,20?,31-/m1/s1. The zero-order valence-corrected chi connectivity index (χ0v) is 23.7. The Morgan fingerprint density at radius 1 is 1.14 bits per heavy atom. The van der Waals surface area contributed by atoms with Gasteiger partial charge in [0.25, 0.3) is 0 Å². The average molecular weight is 593 g/mol. The van der Waals surface area contributed by atoms with Crippen LogP contribution in [-0.4, -0.2) is 81.5 Å². The summed E-state index contributed by atoms with van der Waals surface area (Å²) in [5.74, 6) is -0.0788. The number of benzene rings is 2. The Morgan fingerprint density at radius 3 is 2.81 bits per heavy atom. The highest BCUT2D eigenvalue weighted by Gasteiger charge is 2.49. The SMILES string of the molecule is Oc1cc(-c2ncc3c(N4CC5CCC(C4)N5)nc(OC[C@]45CCCN4C[C@H](F)C5)nc3c2F)c2c(Cl)cccc2c1. The van der Waals surface area contributed by atoms with Crippen LogP contribution in [0.2, 0.25) is 5.02 Å². The number of fused-ring (bicyclic) bond motifs is 5. The van der Waals surface area contributed by atoms with Gasteiger partial charge in [-0.1, -0.05) is 23.7 Å². The largest absolute Gasteiger partial charge is 0.508 e. The molecule has 2 aromatic heterocycles. The zero-order chi connectivity index (χ0) is 28.6. The summed E-state index contributed by atoms with van der Waals surface area (Å²) in [6.07, 6.45) is 5.15. The molecule has 4 aromatic rings. The third kappa shape index (κ3) is 4.26. The number of hydrogen-bond acceptors (Lipinski definition) is 8. The number of aromatic hydroxyl groups is 1. The molecule has 8 rings (SSSR count). The van der Waals surface area contributed by atoms with Gasteiger partial charge in [-0.3, -0.25) is 9.88 Å². The third-order valence-electron chi connectivity index (χ3n) is 9.56. The average Bonchev–Trinajstić information content (AvgIpc) is 3.61. The third-order valence-corrected chi connectivity index (χ3v) is 9.87. The molecule has 2 bridgehead atoms. The van der Waals surface area contributed by atoms with E-state index in [1.807, 2.05) is 6.07 Å². The van der Waals surface area contributed by atoms with Crippen molar-refractivity contribution in [2.75, 3.05) is 37.7 Å². The predicted molar refractivity (Wildman–Crippen MR) is 158 cm³/mol. The fraction of sp³-hybridized carbons (Fsp3) is 0.452. The number of rotatable bonds is 5. The zero-order valence-electron chi connectivity index (χ0n) is 23.0. The maximum Gasteiger partial charge on any atom is 0.319 e. The summed E-state index contributed by atoms with van der Waals surface area (Å²) in [5.41, 5.74) is 0.109. The number of phenols is 1. The lowest BCUT2D eigenvalue weighted by atomic mass is 9.95. The lowest BCUT2D eigenvalue weighted by molar-refractivity contribution is 0.107. The van der Waals surface area contributed by atoms with E-state index in [0.29, 0.717) is 57.6 Å². The molecule has 4 aliphatic heterocycles. The molecular formula is C31H31ClF2N6O2. The Kier molecular flexibility index (Phi) is 6.17. The molecular weight excluding hydrogens is 562 g/mol. The van der Waals surface area contributed by atoms with Crippen molar-refractivity contribution < 1.29 is 18.6 Å². The van der Waals surface area contributed by atoms with E-state index in [1.54, 1.807) is 24.4 Å². The predicted octanol–water partition coefficient (Wildman–Crippen LogP) is 5.24. The molecule has 4 fully saturated rings. The minimum Gasteiger partial charge on any atom is -0.508 e. The molecule has 2 N–H and O–H groups in total. The number of anilines is 1. The van der Waals surface area contributed by atoms with Gasteiger partial charge in [0.2, 0.25) is 0 Å². The van der Waals surface area contributed by atoms with Gasteiger partial charge in [0.05, 0.1) is 10.9 Å². The number of piperazine rings is 1. The van der Waals surface area contributed by atoms with Crippen LogP contribution in [0.3, 0.4) is 0 Å². The van der Waals surface area contributed by atoms with Crippen LogP contribution in [0.5, 0.6) is 11.8 Å². The van der Waals surface area contributed by atoms with Crippen LogP contribution in [0.15, 0.2) is 36.5 Å². The van der Waals surface area contributed by atoms with Crippen molar-refractivity contribution >= 4 is 39.1 Å². The normalized spacial score (nSPS) is 27.3. The fourth-order valence-electron chi connectivity index (χ4n) is 7.69. The number of hydrogen-bond donors (Lipinski definition) is 2. The minimum absolute atomic E-state index is 0.0205. The van der Waals surface area contributed by atoms with Crippen molar-refractivity contribution in [2.24, 2.45) is 0 Å². The number of alkyl halides is 1. The van der Waals surface area contributed by atoms with E-state index in [9.17, 15) is 9.50 Å². The summed E-state index contributed by atoms with van der Waals surface area (Å²) in [6.45, 7) is 2.98. The molecule has 2 aromatic carbocycles. The second kappa shape index (κ2) is 9.86. The van der Waals surface area contributed by atoms with Crippen molar-refractivity contribution in [1.82, 2.24) is 25.2 Å². The Labute approximate surface area is 246 Å². The van der Waals surface area contributed by atoms with Gasteiger partial charge in [-0.05, 0) is 55.8 Å². The molecule has 4 aliphatic rings. The van der Waals surface area contributed by atoms with Crippen LogP contribution >= 0.6 is 11.6 Å². The van der Waals surface area contributed by atoms with Crippen molar-refractivity contribution in [3.8, 4) is 23.0 Å². The monoisotopic (exact) mass is 592 g/mol. The minimum atomic E-state index is -0.881. The summed E-state index contributed by atoms with van der Waals surface area (Å²) in [4.78, 5) is 18.3. The second-order valence-electron chi connectivity index (χ2n) is 12.3. The quantitative estimate of drug-likeness (QED) is 0.325. The number of halogens is 3. The molecule has 218 valence electrons. The van der Waals surface area contributed by atoms with Gasteiger partial charge in [0.1, 0.15) is 35.6 Å². The van der Waals surface area contributed by atoms with E-state index in [2.05, 4.69) is 25.1 Å². The maximum atomic E-state index is 16.6. The van der Waals surface area contributed by atoms with E-state index in [4.69, 9.17) is 21.3 Å².